The molecule has 1 heterocycles. The van der Waals surface area contributed by atoms with Crippen molar-refractivity contribution < 1.29 is 4.39 Å². The van der Waals surface area contributed by atoms with E-state index in [0.717, 1.165) is 0 Å². The van der Waals surface area contributed by atoms with Crippen LogP contribution in [-0.4, -0.2) is 4.98 Å². The number of halogens is 3. The Labute approximate surface area is 111 Å². The zero-order chi connectivity index (χ0) is 12.4. The van der Waals surface area contributed by atoms with Crippen LogP contribution >= 0.6 is 27.5 Å². The molecule has 0 aliphatic carbocycles. The summed E-state index contributed by atoms with van der Waals surface area (Å²) in [6.45, 7) is 0. The molecular formula is C11H8BrClFN3. The largest absolute Gasteiger partial charge is 0.397 e. The molecule has 6 heteroatoms. The van der Waals surface area contributed by atoms with Crippen LogP contribution in [0.25, 0.3) is 0 Å². The summed E-state index contributed by atoms with van der Waals surface area (Å²) in [6, 6.07) is 6.05. The molecule has 2 aromatic rings. The van der Waals surface area contributed by atoms with E-state index in [1.54, 1.807) is 18.2 Å². The zero-order valence-electron chi connectivity index (χ0n) is 8.55. The van der Waals surface area contributed by atoms with Crippen molar-refractivity contribution in [2.45, 2.75) is 0 Å². The third-order valence-electron chi connectivity index (χ3n) is 2.05. The molecular weight excluding hydrogens is 308 g/mol. The van der Waals surface area contributed by atoms with Gasteiger partial charge in [0.05, 0.1) is 22.0 Å². The molecule has 2 rings (SSSR count). The average Bonchev–Trinajstić information content (AvgIpc) is 2.25. The molecule has 0 bridgehead atoms. The van der Waals surface area contributed by atoms with Gasteiger partial charge in [0.15, 0.2) is 0 Å². The highest BCUT2D eigenvalue weighted by Crippen LogP contribution is 2.27. The van der Waals surface area contributed by atoms with E-state index in [4.69, 9.17) is 17.3 Å². The van der Waals surface area contributed by atoms with E-state index >= 15 is 0 Å². The first-order valence-corrected chi connectivity index (χ1v) is 5.86. The summed E-state index contributed by atoms with van der Waals surface area (Å²) in [5.41, 5.74) is 6.38. The van der Waals surface area contributed by atoms with Gasteiger partial charge in [-0.05, 0) is 40.2 Å². The Morgan fingerprint density at radius 2 is 2.12 bits per heavy atom. The summed E-state index contributed by atoms with van der Waals surface area (Å²) in [6.07, 6.45) is 1.49. The zero-order valence-corrected chi connectivity index (χ0v) is 10.9. The first-order valence-electron chi connectivity index (χ1n) is 4.69. The Kier molecular flexibility index (Phi) is 3.49. The molecule has 0 fully saturated rings. The molecule has 3 N–H and O–H groups in total. The molecule has 17 heavy (non-hydrogen) atoms. The number of nitrogen functional groups attached to an aromatic ring is 1. The van der Waals surface area contributed by atoms with Gasteiger partial charge in [-0.2, -0.15) is 0 Å². The molecule has 0 unspecified atom stereocenters. The fourth-order valence-electron chi connectivity index (χ4n) is 1.26. The summed E-state index contributed by atoms with van der Waals surface area (Å²) >= 11 is 8.95. The molecule has 0 atom stereocenters. The number of benzene rings is 1. The van der Waals surface area contributed by atoms with Crippen molar-refractivity contribution in [2.24, 2.45) is 0 Å². The Hall–Kier alpha value is -1.33. The molecule has 1 aromatic heterocycles. The van der Waals surface area contributed by atoms with Gasteiger partial charge < -0.3 is 11.1 Å². The Bertz CT molecular complexity index is 513. The highest BCUT2D eigenvalue weighted by atomic mass is 79.9. The minimum atomic E-state index is -0.442. The lowest BCUT2D eigenvalue weighted by Crippen LogP contribution is -1.98. The monoisotopic (exact) mass is 315 g/mol. The second kappa shape index (κ2) is 4.89. The maximum Gasteiger partial charge on any atom is 0.148 e. The molecule has 0 amide bonds. The fraction of sp³-hybridized carbons (Fsp3) is 0. The molecule has 0 aliphatic heterocycles. The van der Waals surface area contributed by atoms with Crippen LogP contribution in [0.3, 0.4) is 0 Å². The molecule has 0 radical (unpaired) electrons. The van der Waals surface area contributed by atoms with Crippen LogP contribution in [0.5, 0.6) is 0 Å². The van der Waals surface area contributed by atoms with Crippen LogP contribution < -0.4 is 11.1 Å². The highest BCUT2D eigenvalue weighted by molar-refractivity contribution is 9.10. The summed E-state index contributed by atoms with van der Waals surface area (Å²) in [7, 11) is 0. The van der Waals surface area contributed by atoms with Gasteiger partial charge >= 0.3 is 0 Å². The van der Waals surface area contributed by atoms with E-state index in [2.05, 4.69) is 26.2 Å². The lowest BCUT2D eigenvalue weighted by Gasteiger charge is -2.09. The first kappa shape index (κ1) is 12.1. The van der Waals surface area contributed by atoms with Gasteiger partial charge in [0.1, 0.15) is 11.6 Å². The van der Waals surface area contributed by atoms with Gasteiger partial charge in [-0.3, -0.25) is 0 Å². The number of nitrogens with two attached hydrogens (primary N) is 1. The van der Waals surface area contributed by atoms with Crippen molar-refractivity contribution in [3.63, 3.8) is 0 Å². The Balaban J connectivity index is 2.31. The van der Waals surface area contributed by atoms with Crippen LogP contribution in [0.2, 0.25) is 5.02 Å². The van der Waals surface area contributed by atoms with Crippen LogP contribution in [0.15, 0.2) is 34.9 Å². The predicted octanol–water partition coefficient (Wildman–Crippen LogP) is 3.96. The van der Waals surface area contributed by atoms with Crippen LogP contribution in [0, 0.1) is 5.82 Å². The van der Waals surface area contributed by atoms with Gasteiger partial charge in [-0.15, -0.1) is 0 Å². The van der Waals surface area contributed by atoms with Gasteiger partial charge in [-0.25, -0.2) is 9.37 Å². The Morgan fingerprint density at radius 3 is 2.76 bits per heavy atom. The van der Waals surface area contributed by atoms with Crippen LogP contribution in [0.4, 0.5) is 21.6 Å². The average molecular weight is 317 g/mol. The minimum absolute atomic E-state index is 0.298. The van der Waals surface area contributed by atoms with Crippen molar-refractivity contribution in [3.05, 3.63) is 45.8 Å². The summed E-state index contributed by atoms with van der Waals surface area (Å²) in [5.74, 6) is 0.0449. The fourth-order valence-corrected chi connectivity index (χ4v) is 1.89. The van der Waals surface area contributed by atoms with Crippen molar-refractivity contribution in [1.82, 2.24) is 4.98 Å². The molecule has 0 saturated carbocycles. The maximum absolute atomic E-state index is 13.5. The van der Waals surface area contributed by atoms with E-state index in [-0.39, 0.29) is 0 Å². The first-order chi connectivity index (χ1) is 8.06. The molecule has 88 valence electrons. The SMILES string of the molecule is Nc1cnc(Nc2ccc(Cl)cc2F)c(Br)c1. The van der Waals surface area contributed by atoms with Crippen molar-refractivity contribution in [2.75, 3.05) is 11.1 Å². The second-order valence-electron chi connectivity index (χ2n) is 3.35. The number of rotatable bonds is 2. The van der Waals surface area contributed by atoms with Gasteiger partial charge in [0.2, 0.25) is 0 Å². The van der Waals surface area contributed by atoms with Gasteiger partial charge in [-0.1, -0.05) is 11.6 Å². The number of hydrogen-bond donors (Lipinski definition) is 2. The molecule has 0 saturated heterocycles. The van der Waals surface area contributed by atoms with Gasteiger partial charge in [0, 0.05) is 5.02 Å². The quantitative estimate of drug-likeness (QED) is 0.881. The predicted molar refractivity (Wildman–Crippen MR) is 71.0 cm³/mol. The summed E-state index contributed by atoms with van der Waals surface area (Å²) < 4.78 is 14.2. The minimum Gasteiger partial charge on any atom is -0.397 e. The van der Waals surface area contributed by atoms with Gasteiger partial charge in [0.25, 0.3) is 0 Å². The number of pyridine rings is 1. The Morgan fingerprint density at radius 1 is 1.35 bits per heavy atom. The topological polar surface area (TPSA) is 50.9 Å². The van der Waals surface area contributed by atoms with E-state index in [1.807, 2.05) is 0 Å². The molecule has 0 aliphatic rings. The lowest BCUT2D eigenvalue weighted by atomic mass is 10.3. The number of hydrogen-bond acceptors (Lipinski definition) is 3. The number of aromatic nitrogens is 1. The third-order valence-corrected chi connectivity index (χ3v) is 2.89. The van der Waals surface area contributed by atoms with Crippen LogP contribution in [0.1, 0.15) is 0 Å². The molecule has 0 spiro atoms. The smallest absolute Gasteiger partial charge is 0.148 e. The number of nitrogens with zero attached hydrogens (tertiary/aromatic N) is 1. The summed E-state index contributed by atoms with van der Waals surface area (Å²) in [5, 5.41) is 3.19. The number of anilines is 3. The van der Waals surface area contributed by atoms with E-state index in [9.17, 15) is 4.39 Å². The molecule has 3 nitrogen and oxygen atoms in total. The second-order valence-corrected chi connectivity index (χ2v) is 4.64. The normalized spacial score (nSPS) is 10.3. The van der Waals surface area contributed by atoms with Crippen molar-refractivity contribution in [3.8, 4) is 0 Å². The lowest BCUT2D eigenvalue weighted by molar-refractivity contribution is 0.632. The summed E-state index contributed by atoms with van der Waals surface area (Å²) in [4.78, 5) is 4.05. The van der Waals surface area contributed by atoms with E-state index in [1.165, 1.54) is 12.3 Å². The molecule has 1 aromatic carbocycles. The third kappa shape index (κ3) is 2.87. The van der Waals surface area contributed by atoms with E-state index in [0.29, 0.717) is 26.7 Å². The van der Waals surface area contributed by atoms with Crippen molar-refractivity contribution >= 4 is 44.7 Å². The van der Waals surface area contributed by atoms with E-state index < -0.39 is 5.82 Å². The highest BCUT2D eigenvalue weighted by Gasteiger charge is 2.06. The standard InChI is InChI=1S/C11H8BrClFN3/c12-8-4-7(15)5-16-11(8)17-10-2-1-6(13)3-9(10)14/h1-5H,15H2,(H,16,17). The van der Waals surface area contributed by atoms with Crippen molar-refractivity contribution in [1.29, 1.82) is 0 Å². The number of nitrogens with one attached hydrogen (secondary N) is 1. The maximum atomic E-state index is 13.5. The van der Waals surface area contributed by atoms with Crippen LogP contribution in [-0.2, 0) is 0 Å².